The molecule has 0 saturated carbocycles. The van der Waals surface area contributed by atoms with Gasteiger partial charge in [-0.15, -0.1) is 0 Å². The van der Waals surface area contributed by atoms with Crippen LogP contribution in [0.25, 0.3) is 6.08 Å². The SMILES string of the molecule is COc1cc(/C=C/C(=O)N2CCCC[C@@H](c3ccc(F)cc3)C2)cc(OC)c1OC. The molecular weight excluding hydrogens is 385 g/mol. The Morgan fingerprint density at radius 2 is 1.70 bits per heavy atom. The van der Waals surface area contributed by atoms with Gasteiger partial charge in [0.15, 0.2) is 11.5 Å². The lowest BCUT2D eigenvalue weighted by Crippen LogP contribution is -2.32. The number of benzene rings is 2. The zero-order valence-electron chi connectivity index (χ0n) is 17.7. The molecule has 1 fully saturated rings. The third-order valence-corrected chi connectivity index (χ3v) is 5.43. The van der Waals surface area contributed by atoms with E-state index < -0.39 is 0 Å². The van der Waals surface area contributed by atoms with Crippen LogP contribution < -0.4 is 14.2 Å². The Kier molecular flexibility index (Phi) is 7.33. The molecule has 1 saturated heterocycles. The Balaban J connectivity index is 1.75. The predicted molar refractivity (Wildman–Crippen MR) is 115 cm³/mol. The fourth-order valence-electron chi connectivity index (χ4n) is 3.82. The molecule has 0 aliphatic carbocycles. The van der Waals surface area contributed by atoms with Gasteiger partial charge in [0.1, 0.15) is 5.82 Å². The van der Waals surface area contributed by atoms with Gasteiger partial charge in [0.05, 0.1) is 21.3 Å². The van der Waals surface area contributed by atoms with Gasteiger partial charge in [-0.3, -0.25) is 4.79 Å². The van der Waals surface area contributed by atoms with E-state index in [4.69, 9.17) is 14.2 Å². The van der Waals surface area contributed by atoms with E-state index in [0.717, 1.165) is 36.9 Å². The first-order valence-corrected chi connectivity index (χ1v) is 10.1. The minimum Gasteiger partial charge on any atom is -0.493 e. The molecule has 3 rings (SSSR count). The molecule has 6 heteroatoms. The number of hydrogen-bond acceptors (Lipinski definition) is 4. The molecule has 2 aromatic rings. The lowest BCUT2D eigenvalue weighted by molar-refractivity contribution is -0.126. The van der Waals surface area contributed by atoms with Crippen LogP contribution >= 0.6 is 0 Å². The fraction of sp³-hybridized carbons (Fsp3) is 0.375. The van der Waals surface area contributed by atoms with Crippen LogP contribution in [0.15, 0.2) is 42.5 Å². The van der Waals surface area contributed by atoms with Crippen molar-refractivity contribution >= 4 is 12.0 Å². The average molecular weight is 413 g/mol. The van der Waals surface area contributed by atoms with Crippen molar-refractivity contribution in [2.24, 2.45) is 0 Å². The number of likely N-dealkylation sites (tertiary alicyclic amines) is 1. The molecule has 160 valence electrons. The smallest absolute Gasteiger partial charge is 0.246 e. The number of amides is 1. The van der Waals surface area contributed by atoms with Crippen molar-refractivity contribution in [1.82, 2.24) is 4.90 Å². The van der Waals surface area contributed by atoms with E-state index in [1.807, 2.05) is 17.0 Å². The van der Waals surface area contributed by atoms with Gasteiger partial charge in [0, 0.05) is 25.1 Å². The van der Waals surface area contributed by atoms with Crippen LogP contribution in [0.5, 0.6) is 17.2 Å². The highest BCUT2D eigenvalue weighted by atomic mass is 19.1. The summed E-state index contributed by atoms with van der Waals surface area (Å²) in [6.45, 7) is 1.35. The Bertz CT molecular complexity index is 870. The number of halogens is 1. The van der Waals surface area contributed by atoms with Crippen LogP contribution in [0.1, 0.15) is 36.3 Å². The van der Waals surface area contributed by atoms with Crippen molar-refractivity contribution in [3.05, 3.63) is 59.4 Å². The van der Waals surface area contributed by atoms with E-state index in [2.05, 4.69) is 0 Å². The van der Waals surface area contributed by atoms with Gasteiger partial charge >= 0.3 is 0 Å². The topological polar surface area (TPSA) is 48.0 Å². The second-order valence-electron chi connectivity index (χ2n) is 7.32. The molecule has 1 aliphatic heterocycles. The summed E-state index contributed by atoms with van der Waals surface area (Å²) in [5, 5.41) is 0. The van der Waals surface area contributed by atoms with Gasteiger partial charge in [0.2, 0.25) is 11.7 Å². The highest BCUT2D eigenvalue weighted by molar-refractivity contribution is 5.92. The minimum atomic E-state index is -0.242. The Hall–Kier alpha value is -3.02. The van der Waals surface area contributed by atoms with Gasteiger partial charge in [-0.25, -0.2) is 4.39 Å². The van der Waals surface area contributed by atoms with Gasteiger partial charge < -0.3 is 19.1 Å². The number of carbonyl (C=O) groups excluding carboxylic acids is 1. The molecule has 0 bridgehead atoms. The van der Waals surface area contributed by atoms with Gasteiger partial charge in [-0.2, -0.15) is 0 Å². The third-order valence-electron chi connectivity index (χ3n) is 5.43. The van der Waals surface area contributed by atoms with Crippen molar-refractivity contribution < 1.29 is 23.4 Å². The summed E-state index contributed by atoms with van der Waals surface area (Å²) in [6.07, 6.45) is 6.33. The maximum absolute atomic E-state index is 13.3. The van der Waals surface area contributed by atoms with Crippen LogP contribution in [0.4, 0.5) is 4.39 Å². The Labute approximate surface area is 177 Å². The summed E-state index contributed by atoms with van der Waals surface area (Å²) in [4.78, 5) is 14.7. The van der Waals surface area contributed by atoms with E-state index in [0.29, 0.717) is 23.8 Å². The van der Waals surface area contributed by atoms with Crippen LogP contribution in [0.3, 0.4) is 0 Å². The molecule has 1 aliphatic rings. The van der Waals surface area contributed by atoms with E-state index in [-0.39, 0.29) is 17.6 Å². The van der Waals surface area contributed by atoms with Gasteiger partial charge in [0.25, 0.3) is 0 Å². The van der Waals surface area contributed by atoms with Crippen molar-refractivity contribution in [2.45, 2.75) is 25.2 Å². The molecule has 1 atom stereocenters. The molecule has 0 unspecified atom stereocenters. The molecule has 0 aromatic heterocycles. The molecule has 0 N–H and O–H groups in total. The summed E-state index contributed by atoms with van der Waals surface area (Å²) in [6, 6.07) is 10.2. The zero-order valence-corrected chi connectivity index (χ0v) is 17.7. The predicted octanol–water partition coefficient (Wildman–Crippen LogP) is 4.66. The standard InChI is InChI=1S/C24H28FNO4/c1-28-21-14-17(15-22(29-2)24(21)30-3)7-12-23(27)26-13-5-4-6-19(16-26)18-8-10-20(25)11-9-18/h7-12,14-15,19H,4-6,13,16H2,1-3H3/b12-7+/t19-/m1/s1. The summed E-state index contributed by atoms with van der Waals surface area (Å²) >= 11 is 0. The van der Waals surface area contributed by atoms with Crippen LogP contribution in [-0.2, 0) is 4.79 Å². The lowest BCUT2D eigenvalue weighted by atomic mass is 9.94. The first kappa shape index (κ1) is 21.7. The number of nitrogens with zero attached hydrogens (tertiary/aromatic N) is 1. The number of hydrogen-bond donors (Lipinski definition) is 0. The van der Waals surface area contributed by atoms with E-state index >= 15 is 0 Å². The summed E-state index contributed by atoms with van der Waals surface area (Å²) in [7, 11) is 4.67. The summed E-state index contributed by atoms with van der Waals surface area (Å²) in [5.74, 6) is 1.52. The van der Waals surface area contributed by atoms with Gasteiger partial charge in [-0.1, -0.05) is 18.6 Å². The van der Waals surface area contributed by atoms with E-state index in [1.54, 1.807) is 45.6 Å². The van der Waals surface area contributed by atoms with Crippen LogP contribution in [0.2, 0.25) is 0 Å². The molecule has 0 radical (unpaired) electrons. The number of rotatable bonds is 6. The minimum absolute atomic E-state index is 0.0437. The van der Waals surface area contributed by atoms with E-state index in [1.165, 1.54) is 12.1 Å². The summed E-state index contributed by atoms with van der Waals surface area (Å²) in [5.41, 5.74) is 1.85. The molecular formula is C24H28FNO4. The quantitative estimate of drug-likeness (QED) is 0.646. The van der Waals surface area contributed by atoms with Gasteiger partial charge in [-0.05, 0) is 54.3 Å². The average Bonchev–Trinajstić information content (AvgIpc) is 3.03. The number of ether oxygens (including phenoxy) is 3. The third kappa shape index (κ3) is 5.12. The maximum Gasteiger partial charge on any atom is 0.246 e. The fourth-order valence-corrected chi connectivity index (χ4v) is 3.82. The number of carbonyl (C=O) groups is 1. The second kappa shape index (κ2) is 10.1. The molecule has 1 amide bonds. The Morgan fingerprint density at radius 1 is 1.03 bits per heavy atom. The lowest BCUT2D eigenvalue weighted by Gasteiger charge is -2.23. The van der Waals surface area contributed by atoms with Crippen molar-refractivity contribution in [3.63, 3.8) is 0 Å². The molecule has 30 heavy (non-hydrogen) atoms. The van der Waals surface area contributed by atoms with Crippen molar-refractivity contribution in [1.29, 1.82) is 0 Å². The normalized spacial score (nSPS) is 16.9. The molecule has 0 spiro atoms. The maximum atomic E-state index is 13.3. The molecule has 5 nitrogen and oxygen atoms in total. The number of methoxy groups -OCH3 is 3. The van der Waals surface area contributed by atoms with Crippen molar-refractivity contribution in [3.8, 4) is 17.2 Å². The molecule has 1 heterocycles. The highest BCUT2D eigenvalue weighted by Crippen LogP contribution is 2.38. The first-order chi connectivity index (χ1) is 14.5. The Morgan fingerprint density at radius 3 is 2.30 bits per heavy atom. The highest BCUT2D eigenvalue weighted by Gasteiger charge is 2.22. The van der Waals surface area contributed by atoms with Crippen LogP contribution in [-0.4, -0.2) is 45.2 Å². The zero-order chi connectivity index (χ0) is 21.5. The van der Waals surface area contributed by atoms with Crippen molar-refractivity contribution in [2.75, 3.05) is 34.4 Å². The second-order valence-corrected chi connectivity index (χ2v) is 7.32. The molecule has 2 aromatic carbocycles. The van der Waals surface area contributed by atoms with E-state index in [9.17, 15) is 9.18 Å². The monoisotopic (exact) mass is 413 g/mol. The van der Waals surface area contributed by atoms with Crippen LogP contribution in [0, 0.1) is 5.82 Å². The summed E-state index contributed by atoms with van der Waals surface area (Å²) < 4.78 is 29.3. The first-order valence-electron chi connectivity index (χ1n) is 10.1. The largest absolute Gasteiger partial charge is 0.493 e.